The first-order chi connectivity index (χ1) is 8.33. The van der Waals surface area contributed by atoms with Gasteiger partial charge in [-0.2, -0.15) is 10.3 Å². The Morgan fingerprint density at radius 2 is 1.88 bits per heavy atom. The highest BCUT2D eigenvalue weighted by molar-refractivity contribution is 6.30. The number of hydrogen-bond donors (Lipinski definition) is 2. The van der Waals surface area contributed by atoms with Gasteiger partial charge in [-0.15, -0.1) is 10.2 Å². The number of aromatic nitrogens is 6. The third-order valence-electron chi connectivity index (χ3n) is 2.30. The second-order valence-corrected chi connectivity index (χ2v) is 3.85. The van der Waals surface area contributed by atoms with Crippen molar-refractivity contribution in [2.75, 3.05) is 0 Å². The number of H-pyrrole nitrogens is 2. The highest BCUT2D eigenvalue weighted by atomic mass is 35.5. The first-order valence-corrected chi connectivity index (χ1v) is 5.26. The number of benzene rings is 1. The molecule has 84 valence electrons. The number of nitrogens with one attached hydrogen (secondary N) is 2. The smallest absolute Gasteiger partial charge is 0.222 e. The van der Waals surface area contributed by atoms with Crippen LogP contribution in [0.15, 0.2) is 30.3 Å². The minimum atomic E-state index is 0.484. The first kappa shape index (κ1) is 9.98. The normalized spacial score (nSPS) is 10.6. The number of rotatable bonds is 2. The fourth-order valence-electron chi connectivity index (χ4n) is 1.48. The number of tetrazole rings is 1. The summed E-state index contributed by atoms with van der Waals surface area (Å²) < 4.78 is 0. The van der Waals surface area contributed by atoms with Gasteiger partial charge in [-0.1, -0.05) is 23.7 Å². The fourth-order valence-corrected chi connectivity index (χ4v) is 1.61. The van der Waals surface area contributed by atoms with Crippen molar-refractivity contribution in [1.82, 2.24) is 30.8 Å². The van der Waals surface area contributed by atoms with Crippen molar-refractivity contribution in [2.45, 2.75) is 0 Å². The molecule has 3 rings (SSSR count). The maximum Gasteiger partial charge on any atom is 0.222 e. The molecule has 0 atom stereocenters. The van der Waals surface area contributed by atoms with Crippen molar-refractivity contribution >= 4 is 11.6 Å². The van der Waals surface area contributed by atoms with Crippen LogP contribution in [0, 0.1) is 0 Å². The first-order valence-electron chi connectivity index (χ1n) is 4.88. The molecule has 0 unspecified atom stereocenters. The van der Waals surface area contributed by atoms with Crippen LogP contribution in [-0.4, -0.2) is 30.8 Å². The summed E-state index contributed by atoms with van der Waals surface area (Å²) in [6, 6.07) is 9.30. The SMILES string of the molecule is Clc1ccc(-c2cc(-c3nn[nH]n3)[nH]n2)cc1. The Labute approximate surface area is 101 Å². The minimum Gasteiger partial charge on any atom is -0.274 e. The minimum absolute atomic E-state index is 0.484. The quantitative estimate of drug-likeness (QED) is 0.724. The lowest BCUT2D eigenvalue weighted by Gasteiger charge is -1.94. The van der Waals surface area contributed by atoms with Crippen LogP contribution in [0.4, 0.5) is 0 Å². The van der Waals surface area contributed by atoms with E-state index in [4.69, 9.17) is 11.6 Å². The van der Waals surface area contributed by atoms with Crippen molar-refractivity contribution in [1.29, 1.82) is 0 Å². The lowest BCUT2D eigenvalue weighted by Crippen LogP contribution is -1.79. The Bertz CT molecular complexity index is 613. The maximum atomic E-state index is 5.82. The third kappa shape index (κ3) is 1.90. The lowest BCUT2D eigenvalue weighted by atomic mass is 10.1. The van der Waals surface area contributed by atoms with Gasteiger partial charge in [0, 0.05) is 10.6 Å². The summed E-state index contributed by atoms with van der Waals surface area (Å²) >= 11 is 5.82. The standard InChI is InChI=1S/C10H7ClN6/c11-7-3-1-6(2-4-7)8-5-9(13-12-8)10-14-16-17-15-10/h1-5H,(H,12,13)(H,14,15,16,17). The predicted octanol–water partition coefficient (Wildman–Crippen LogP) is 1.91. The average molecular weight is 247 g/mol. The van der Waals surface area contributed by atoms with Gasteiger partial charge in [-0.3, -0.25) is 5.10 Å². The van der Waals surface area contributed by atoms with Crippen molar-refractivity contribution in [3.05, 3.63) is 35.4 Å². The van der Waals surface area contributed by atoms with E-state index in [1.54, 1.807) is 0 Å². The number of halogens is 1. The van der Waals surface area contributed by atoms with E-state index < -0.39 is 0 Å². The van der Waals surface area contributed by atoms with Crippen molar-refractivity contribution in [3.8, 4) is 22.8 Å². The van der Waals surface area contributed by atoms with Crippen LogP contribution in [0.1, 0.15) is 0 Å². The molecule has 0 radical (unpaired) electrons. The van der Waals surface area contributed by atoms with Gasteiger partial charge in [0.05, 0.1) is 5.69 Å². The van der Waals surface area contributed by atoms with Gasteiger partial charge in [0.25, 0.3) is 0 Å². The van der Waals surface area contributed by atoms with Crippen LogP contribution in [0.3, 0.4) is 0 Å². The Kier molecular flexibility index (Phi) is 2.34. The van der Waals surface area contributed by atoms with Gasteiger partial charge in [0.2, 0.25) is 5.82 Å². The van der Waals surface area contributed by atoms with E-state index in [1.165, 1.54) is 0 Å². The van der Waals surface area contributed by atoms with Crippen molar-refractivity contribution < 1.29 is 0 Å². The highest BCUT2D eigenvalue weighted by Crippen LogP contribution is 2.22. The molecule has 7 heteroatoms. The van der Waals surface area contributed by atoms with Gasteiger partial charge in [0.1, 0.15) is 5.69 Å². The Morgan fingerprint density at radius 1 is 1.06 bits per heavy atom. The molecule has 1 aromatic carbocycles. The molecule has 0 aliphatic heterocycles. The van der Waals surface area contributed by atoms with Crippen molar-refractivity contribution in [2.24, 2.45) is 0 Å². The van der Waals surface area contributed by atoms with E-state index in [9.17, 15) is 0 Å². The molecule has 2 heterocycles. The van der Waals surface area contributed by atoms with Crippen molar-refractivity contribution in [3.63, 3.8) is 0 Å². The molecular formula is C10H7ClN6. The zero-order chi connectivity index (χ0) is 11.7. The Morgan fingerprint density at radius 3 is 2.59 bits per heavy atom. The largest absolute Gasteiger partial charge is 0.274 e. The van der Waals surface area contributed by atoms with Crippen LogP contribution < -0.4 is 0 Å². The summed E-state index contributed by atoms with van der Waals surface area (Å²) in [5.41, 5.74) is 2.49. The van der Waals surface area contributed by atoms with Gasteiger partial charge in [-0.25, -0.2) is 0 Å². The molecule has 3 aromatic rings. The summed E-state index contributed by atoms with van der Waals surface area (Å²) in [7, 11) is 0. The van der Waals surface area contributed by atoms with E-state index in [1.807, 2.05) is 30.3 Å². The van der Waals surface area contributed by atoms with E-state index in [-0.39, 0.29) is 0 Å². The molecule has 0 aliphatic rings. The Hall–Kier alpha value is -2.21. The number of aromatic amines is 2. The fraction of sp³-hybridized carbons (Fsp3) is 0. The predicted molar refractivity (Wildman–Crippen MR) is 62.2 cm³/mol. The zero-order valence-electron chi connectivity index (χ0n) is 8.55. The lowest BCUT2D eigenvalue weighted by molar-refractivity contribution is 0.881. The molecule has 0 bridgehead atoms. The average Bonchev–Trinajstić information content (AvgIpc) is 3.00. The molecule has 2 aromatic heterocycles. The van der Waals surface area contributed by atoms with Crippen LogP contribution in [0.5, 0.6) is 0 Å². The summed E-state index contributed by atoms with van der Waals surface area (Å²) in [6.07, 6.45) is 0. The van der Waals surface area contributed by atoms with Crippen LogP contribution >= 0.6 is 11.6 Å². The summed E-state index contributed by atoms with van der Waals surface area (Å²) in [6.45, 7) is 0. The van der Waals surface area contributed by atoms with Crippen LogP contribution in [0.25, 0.3) is 22.8 Å². The van der Waals surface area contributed by atoms with Gasteiger partial charge in [-0.05, 0) is 23.4 Å². The summed E-state index contributed by atoms with van der Waals surface area (Å²) in [5.74, 6) is 0.484. The van der Waals surface area contributed by atoms with E-state index in [0.29, 0.717) is 16.5 Å². The second kappa shape index (κ2) is 3.99. The van der Waals surface area contributed by atoms with Gasteiger partial charge in [0.15, 0.2) is 0 Å². The van der Waals surface area contributed by atoms with E-state index >= 15 is 0 Å². The molecule has 0 saturated heterocycles. The van der Waals surface area contributed by atoms with Gasteiger partial charge >= 0.3 is 0 Å². The topological polar surface area (TPSA) is 83.1 Å². The molecule has 0 spiro atoms. The molecule has 0 fully saturated rings. The molecule has 0 saturated carbocycles. The second-order valence-electron chi connectivity index (χ2n) is 3.41. The van der Waals surface area contributed by atoms with Crippen LogP contribution in [0.2, 0.25) is 5.02 Å². The van der Waals surface area contributed by atoms with E-state index in [2.05, 4.69) is 30.8 Å². The highest BCUT2D eigenvalue weighted by Gasteiger charge is 2.08. The molecule has 0 aliphatic carbocycles. The molecule has 0 amide bonds. The summed E-state index contributed by atoms with van der Waals surface area (Å²) in [5, 5.41) is 21.3. The monoisotopic (exact) mass is 246 g/mol. The number of nitrogens with zero attached hydrogens (tertiary/aromatic N) is 4. The van der Waals surface area contributed by atoms with E-state index in [0.717, 1.165) is 11.3 Å². The molecular weight excluding hydrogens is 240 g/mol. The van der Waals surface area contributed by atoms with Crippen LogP contribution in [-0.2, 0) is 0 Å². The van der Waals surface area contributed by atoms with Gasteiger partial charge < -0.3 is 0 Å². The summed E-state index contributed by atoms with van der Waals surface area (Å²) in [4.78, 5) is 0. The molecule has 2 N–H and O–H groups in total. The Balaban J connectivity index is 1.98. The number of hydrogen-bond acceptors (Lipinski definition) is 4. The maximum absolute atomic E-state index is 5.82. The third-order valence-corrected chi connectivity index (χ3v) is 2.56. The zero-order valence-corrected chi connectivity index (χ0v) is 9.31. The molecule has 17 heavy (non-hydrogen) atoms. The molecule has 6 nitrogen and oxygen atoms in total.